The second kappa shape index (κ2) is 4.53. The van der Waals surface area contributed by atoms with Gasteiger partial charge in [-0.05, 0) is 31.5 Å². The number of nitrogens with zero attached hydrogens (tertiary/aromatic N) is 1. The summed E-state index contributed by atoms with van der Waals surface area (Å²) >= 11 is 0. The molecule has 1 atom stereocenters. The molecule has 2 rings (SSSR count). The summed E-state index contributed by atoms with van der Waals surface area (Å²) in [6.07, 6.45) is 2.45. The summed E-state index contributed by atoms with van der Waals surface area (Å²) in [4.78, 5) is 2.24. The summed E-state index contributed by atoms with van der Waals surface area (Å²) in [6.45, 7) is 2.16. The summed E-state index contributed by atoms with van der Waals surface area (Å²) in [7, 11) is 2.09. The molecule has 1 saturated heterocycles. The standard InChI is InChI=1S/C12H18N2O/c1-14(11-5-3-7-13-9-11)10-4-2-6-12(15)8-10/h2,4,6,8,11,13,15H,3,5,7,9H2,1H3. The number of anilines is 1. The van der Waals surface area contributed by atoms with Gasteiger partial charge < -0.3 is 15.3 Å². The molecule has 0 spiro atoms. The molecule has 2 N–H and O–H groups in total. The lowest BCUT2D eigenvalue weighted by molar-refractivity contribution is 0.443. The van der Waals surface area contributed by atoms with Crippen LogP contribution in [0.1, 0.15) is 12.8 Å². The van der Waals surface area contributed by atoms with Crippen LogP contribution in [0.25, 0.3) is 0 Å². The lowest BCUT2D eigenvalue weighted by Gasteiger charge is -2.33. The Morgan fingerprint density at radius 3 is 3.00 bits per heavy atom. The molecule has 15 heavy (non-hydrogen) atoms. The lowest BCUT2D eigenvalue weighted by atomic mass is 10.1. The van der Waals surface area contributed by atoms with Crippen LogP contribution in [0.5, 0.6) is 5.75 Å². The third-order valence-electron chi connectivity index (χ3n) is 3.06. The van der Waals surface area contributed by atoms with E-state index in [4.69, 9.17) is 0 Å². The Kier molecular flexibility index (Phi) is 3.11. The van der Waals surface area contributed by atoms with Crippen LogP contribution >= 0.6 is 0 Å². The van der Waals surface area contributed by atoms with Crippen molar-refractivity contribution in [3.05, 3.63) is 24.3 Å². The molecule has 3 nitrogen and oxygen atoms in total. The number of nitrogens with one attached hydrogen (secondary N) is 1. The monoisotopic (exact) mass is 206 g/mol. The maximum Gasteiger partial charge on any atom is 0.117 e. The molecule has 0 saturated carbocycles. The molecular formula is C12H18N2O. The second-order valence-electron chi connectivity index (χ2n) is 4.13. The van der Waals surface area contributed by atoms with Gasteiger partial charge in [0.1, 0.15) is 5.75 Å². The van der Waals surface area contributed by atoms with E-state index in [0.29, 0.717) is 11.8 Å². The highest BCUT2D eigenvalue weighted by atomic mass is 16.3. The first-order valence-corrected chi connectivity index (χ1v) is 5.50. The first-order valence-electron chi connectivity index (χ1n) is 5.50. The van der Waals surface area contributed by atoms with E-state index in [1.54, 1.807) is 6.07 Å². The summed E-state index contributed by atoms with van der Waals surface area (Å²) in [5.74, 6) is 0.336. The summed E-state index contributed by atoms with van der Waals surface area (Å²) in [5.41, 5.74) is 1.09. The zero-order valence-corrected chi connectivity index (χ0v) is 9.11. The van der Waals surface area contributed by atoms with Crippen LogP contribution < -0.4 is 10.2 Å². The van der Waals surface area contributed by atoms with Crippen molar-refractivity contribution < 1.29 is 5.11 Å². The smallest absolute Gasteiger partial charge is 0.117 e. The zero-order valence-electron chi connectivity index (χ0n) is 9.11. The average molecular weight is 206 g/mol. The minimum Gasteiger partial charge on any atom is -0.508 e. The quantitative estimate of drug-likeness (QED) is 0.771. The molecule has 1 aromatic rings. The number of piperidine rings is 1. The maximum absolute atomic E-state index is 9.42. The largest absolute Gasteiger partial charge is 0.508 e. The van der Waals surface area contributed by atoms with Crippen molar-refractivity contribution >= 4 is 5.69 Å². The third kappa shape index (κ3) is 2.42. The Morgan fingerprint density at radius 2 is 2.33 bits per heavy atom. The van der Waals surface area contributed by atoms with Gasteiger partial charge in [-0.3, -0.25) is 0 Å². The van der Waals surface area contributed by atoms with Crippen molar-refractivity contribution in [3.63, 3.8) is 0 Å². The molecule has 1 aliphatic heterocycles. The normalized spacial score (nSPS) is 21.3. The first-order chi connectivity index (χ1) is 7.27. The summed E-state index contributed by atoms with van der Waals surface area (Å²) in [5, 5.41) is 12.8. The average Bonchev–Trinajstić information content (AvgIpc) is 2.29. The van der Waals surface area contributed by atoms with E-state index in [9.17, 15) is 5.11 Å². The van der Waals surface area contributed by atoms with Gasteiger partial charge in [0.25, 0.3) is 0 Å². The molecule has 3 heteroatoms. The zero-order chi connectivity index (χ0) is 10.7. The molecule has 1 heterocycles. The fourth-order valence-electron chi connectivity index (χ4n) is 2.09. The van der Waals surface area contributed by atoms with Crippen molar-refractivity contribution in [2.75, 3.05) is 25.0 Å². The molecule has 0 bridgehead atoms. The number of likely N-dealkylation sites (N-methyl/N-ethyl adjacent to an activating group) is 1. The number of aromatic hydroxyl groups is 1. The summed E-state index contributed by atoms with van der Waals surface area (Å²) < 4.78 is 0. The Bertz CT molecular complexity index is 321. The Balaban J connectivity index is 2.08. The highest BCUT2D eigenvalue weighted by Crippen LogP contribution is 2.22. The van der Waals surface area contributed by atoms with Gasteiger partial charge in [0.05, 0.1) is 0 Å². The van der Waals surface area contributed by atoms with Gasteiger partial charge in [0.15, 0.2) is 0 Å². The molecule has 0 amide bonds. The molecule has 0 aliphatic carbocycles. The molecule has 1 aromatic carbocycles. The first kappa shape index (κ1) is 10.3. The SMILES string of the molecule is CN(c1cccc(O)c1)C1CCCNC1. The Hall–Kier alpha value is -1.22. The van der Waals surface area contributed by atoms with Crippen LogP contribution in [0.15, 0.2) is 24.3 Å². The van der Waals surface area contributed by atoms with Crippen LogP contribution in [0, 0.1) is 0 Å². The Labute approximate surface area is 90.7 Å². The van der Waals surface area contributed by atoms with Crippen LogP contribution in [0.4, 0.5) is 5.69 Å². The van der Waals surface area contributed by atoms with Crippen LogP contribution in [-0.4, -0.2) is 31.3 Å². The van der Waals surface area contributed by atoms with Crippen molar-refractivity contribution in [1.82, 2.24) is 5.32 Å². The van der Waals surface area contributed by atoms with Crippen LogP contribution in [-0.2, 0) is 0 Å². The fraction of sp³-hybridized carbons (Fsp3) is 0.500. The fourth-order valence-corrected chi connectivity index (χ4v) is 2.09. The number of benzene rings is 1. The number of rotatable bonds is 2. The molecule has 0 radical (unpaired) electrons. The van der Waals surface area contributed by atoms with Crippen molar-refractivity contribution in [2.24, 2.45) is 0 Å². The van der Waals surface area contributed by atoms with Gasteiger partial charge in [-0.1, -0.05) is 6.07 Å². The van der Waals surface area contributed by atoms with Crippen LogP contribution in [0.2, 0.25) is 0 Å². The highest BCUT2D eigenvalue weighted by Gasteiger charge is 2.17. The van der Waals surface area contributed by atoms with Crippen molar-refractivity contribution in [2.45, 2.75) is 18.9 Å². The van der Waals surface area contributed by atoms with Gasteiger partial charge in [0.2, 0.25) is 0 Å². The number of phenolic OH excluding ortho intramolecular Hbond substituents is 1. The second-order valence-corrected chi connectivity index (χ2v) is 4.13. The minimum atomic E-state index is 0.336. The predicted octanol–water partition coefficient (Wildman–Crippen LogP) is 1.58. The molecule has 1 aliphatic rings. The molecule has 0 aromatic heterocycles. The topological polar surface area (TPSA) is 35.5 Å². The van der Waals surface area contributed by atoms with E-state index in [-0.39, 0.29) is 0 Å². The van der Waals surface area contributed by atoms with E-state index < -0.39 is 0 Å². The molecule has 1 fully saturated rings. The summed E-state index contributed by atoms with van der Waals surface area (Å²) in [6, 6.07) is 7.98. The van der Waals surface area contributed by atoms with Crippen molar-refractivity contribution in [3.8, 4) is 5.75 Å². The van der Waals surface area contributed by atoms with E-state index in [0.717, 1.165) is 18.8 Å². The molecule has 1 unspecified atom stereocenters. The number of hydrogen-bond acceptors (Lipinski definition) is 3. The molecular weight excluding hydrogens is 188 g/mol. The van der Waals surface area contributed by atoms with Gasteiger partial charge >= 0.3 is 0 Å². The van der Waals surface area contributed by atoms with E-state index in [2.05, 4.69) is 17.3 Å². The van der Waals surface area contributed by atoms with Gasteiger partial charge in [-0.25, -0.2) is 0 Å². The van der Waals surface area contributed by atoms with Gasteiger partial charge in [-0.15, -0.1) is 0 Å². The van der Waals surface area contributed by atoms with E-state index in [1.807, 2.05) is 18.2 Å². The van der Waals surface area contributed by atoms with Crippen LogP contribution in [0.3, 0.4) is 0 Å². The van der Waals surface area contributed by atoms with Crippen molar-refractivity contribution in [1.29, 1.82) is 0 Å². The number of hydrogen-bond donors (Lipinski definition) is 2. The van der Waals surface area contributed by atoms with Gasteiger partial charge in [-0.2, -0.15) is 0 Å². The molecule has 82 valence electrons. The van der Waals surface area contributed by atoms with E-state index >= 15 is 0 Å². The minimum absolute atomic E-state index is 0.336. The lowest BCUT2D eigenvalue weighted by Crippen LogP contribution is -2.44. The predicted molar refractivity (Wildman–Crippen MR) is 62.4 cm³/mol. The third-order valence-corrected chi connectivity index (χ3v) is 3.06. The highest BCUT2D eigenvalue weighted by molar-refractivity contribution is 5.50. The maximum atomic E-state index is 9.42. The van der Waals surface area contributed by atoms with Gasteiger partial charge in [0, 0.05) is 31.4 Å². The number of phenols is 1. The van der Waals surface area contributed by atoms with E-state index in [1.165, 1.54) is 12.8 Å². The Morgan fingerprint density at radius 1 is 1.47 bits per heavy atom.